The minimum absolute atomic E-state index is 0.242. The fourth-order valence-corrected chi connectivity index (χ4v) is 1.33. The van der Waals surface area contributed by atoms with E-state index in [0.717, 1.165) is 5.56 Å². The average molecular weight is 234 g/mol. The quantitative estimate of drug-likeness (QED) is 0.839. The van der Waals surface area contributed by atoms with Crippen molar-refractivity contribution in [1.29, 1.82) is 0 Å². The van der Waals surface area contributed by atoms with Crippen molar-refractivity contribution >= 4 is 29.2 Å². The van der Waals surface area contributed by atoms with Crippen molar-refractivity contribution in [1.82, 2.24) is 0 Å². The van der Waals surface area contributed by atoms with Crippen molar-refractivity contribution in [2.75, 3.05) is 0 Å². The molecular formula is C9H9Cl2NO2. The first-order valence-corrected chi connectivity index (χ1v) is 4.68. The van der Waals surface area contributed by atoms with Gasteiger partial charge in [0, 0.05) is 0 Å². The summed E-state index contributed by atoms with van der Waals surface area (Å²) < 4.78 is 0. The molecule has 1 aromatic rings. The van der Waals surface area contributed by atoms with E-state index < -0.39 is 12.0 Å². The Kier molecular flexibility index (Phi) is 3.75. The Labute approximate surface area is 91.4 Å². The molecule has 0 spiro atoms. The van der Waals surface area contributed by atoms with Crippen LogP contribution in [0.25, 0.3) is 0 Å². The van der Waals surface area contributed by atoms with E-state index in [1.165, 1.54) is 0 Å². The number of nitrogens with two attached hydrogens (primary N) is 1. The monoisotopic (exact) mass is 233 g/mol. The summed E-state index contributed by atoms with van der Waals surface area (Å²) >= 11 is 11.5. The predicted octanol–water partition coefficient (Wildman–Crippen LogP) is 1.95. The zero-order chi connectivity index (χ0) is 10.7. The molecule has 0 bridgehead atoms. The van der Waals surface area contributed by atoms with Gasteiger partial charge in [0.25, 0.3) is 0 Å². The number of halogens is 2. The molecule has 0 aliphatic carbocycles. The van der Waals surface area contributed by atoms with Gasteiger partial charge in [0.15, 0.2) is 0 Å². The summed E-state index contributed by atoms with van der Waals surface area (Å²) in [6.07, 6.45) is 0.242. The third-order valence-electron chi connectivity index (χ3n) is 1.76. The third kappa shape index (κ3) is 2.87. The van der Waals surface area contributed by atoms with E-state index in [1.54, 1.807) is 18.2 Å². The molecule has 1 aromatic carbocycles. The van der Waals surface area contributed by atoms with Gasteiger partial charge >= 0.3 is 5.97 Å². The predicted molar refractivity (Wildman–Crippen MR) is 55.8 cm³/mol. The van der Waals surface area contributed by atoms with Crippen LogP contribution in [0.3, 0.4) is 0 Å². The third-order valence-corrected chi connectivity index (χ3v) is 2.50. The number of hydrogen-bond acceptors (Lipinski definition) is 2. The van der Waals surface area contributed by atoms with Gasteiger partial charge < -0.3 is 10.8 Å². The van der Waals surface area contributed by atoms with E-state index in [4.69, 9.17) is 34.0 Å². The molecule has 0 heterocycles. The first kappa shape index (κ1) is 11.3. The number of carbonyl (C=O) groups is 1. The minimum Gasteiger partial charge on any atom is -0.480 e. The van der Waals surface area contributed by atoms with Crippen LogP contribution in [0.15, 0.2) is 18.2 Å². The molecule has 0 fully saturated rings. The molecule has 76 valence electrons. The molecule has 1 unspecified atom stereocenters. The van der Waals surface area contributed by atoms with Crippen LogP contribution in [0, 0.1) is 0 Å². The Morgan fingerprint density at radius 3 is 2.57 bits per heavy atom. The maximum atomic E-state index is 10.5. The Morgan fingerprint density at radius 1 is 1.43 bits per heavy atom. The molecule has 0 amide bonds. The summed E-state index contributed by atoms with van der Waals surface area (Å²) in [4.78, 5) is 10.5. The highest BCUT2D eigenvalue weighted by Crippen LogP contribution is 2.22. The summed E-state index contributed by atoms with van der Waals surface area (Å²) in [7, 11) is 0. The minimum atomic E-state index is -1.03. The van der Waals surface area contributed by atoms with Crippen molar-refractivity contribution in [2.24, 2.45) is 5.73 Å². The molecule has 3 N–H and O–H groups in total. The van der Waals surface area contributed by atoms with E-state index in [0.29, 0.717) is 10.0 Å². The summed E-state index contributed by atoms with van der Waals surface area (Å²) in [5, 5.41) is 9.43. The molecule has 0 aromatic heterocycles. The largest absolute Gasteiger partial charge is 0.480 e. The second-order valence-corrected chi connectivity index (χ2v) is 3.71. The van der Waals surface area contributed by atoms with Gasteiger partial charge in [-0.2, -0.15) is 0 Å². The summed E-state index contributed by atoms with van der Waals surface area (Å²) in [5.74, 6) is -1.03. The molecule has 1 atom stereocenters. The molecule has 0 saturated heterocycles. The lowest BCUT2D eigenvalue weighted by Crippen LogP contribution is -2.32. The topological polar surface area (TPSA) is 63.3 Å². The van der Waals surface area contributed by atoms with Gasteiger partial charge in [0.1, 0.15) is 6.04 Å². The van der Waals surface area contributed by atoms with Crippen LogP contribution in [0.2, 0.25) is 10.0 Å². The summed E-state index contributed by atoms with van der Waals surface area (Å²) in [5.41, 5.74) is 6.12. The molecule has 14 heavy (non-hydrogen) atoms. The van der Waals surface area contributed by atoms with Crippen molar-refractivity contribution in [3.63, 3.8) is 0 Å². The standard InChI is InChI=1S/C9H9Cl2NO2/c10-6-2-1-5(3-7(6)11)4-8(12)9(13)14/h1-3,8H,4,12H2,(H,13,14). The SMILES string of the molecule is NC(Cc1ccc(Cl)c(Cl)c1)C(=O)O. The molecule has 0 aliphatic heterocycles. The van der Waals surface area contributed by atoms with Crippen LogP contribution in [-0.4, -0.2) is 17.1 Å². The lowest BCUT2D eigenvalue weighted by atomic mass is 10.1. The lowest BCUT2D eigenvalue weighted by molar-refractivity contribution is -0.138. The van der Waals surface area contributed by atoms with E-state index in [1.807, 2.05) is 0 Å². The molecule has 0 radical (unpaired) electrons. The van der Waals surface area contributed by atoms with E-state index in [9.17, 15) is 4.79 Å². The Morgan fingerprint density at radius 2 is 2.07 bits per heavy atom. The average Bonchev–Trinajstić information content (AvgIpc) is 2.11. The Hall–Kier alpha value is -0.770. The van der Waals surface area contributed by atoms with E-state index in [-0.39, 0.29) is 6.42 Å². The number of aliphatic carboxylic acids is 1. The van der Waals surface area contributed by atoms with Crippen LogP contribution in [-0.2, 0) is 11.2 Å². The van der Waals surface area contributed by atoms with Crippen molar-refractivity contribution in [3.05, 3.63) is 33.8 Å². The highest BCUT2D eigenvalue weighted by Gasteiger charge is 2.12. The molecule has 5 heteroatoms. The van der Waals surface area contributed by atoms with Gasteiger partial charge in [0.05, 0.1) is 10.0 Å². The Bertz CT molecular complexity index is 355. The van der Waals surface area contributed by atoms with Gasteiger partial charge in [-0.05, 0) is 24.1 Å². The number of hydrogen-bond donors (Lipinski definition) is 2. The number of benzene rings is 1. The molecule has 0 saturated carbocycles. The van der Waals surface area contributed by atoms with Crippen LogP contribution >= 0.6 is 23.2 Å². The lowest BCUT2D eigenvalue weighted by Gasteiger charge is -2.06. The zero-order valence-electron chi connectivity index (χ0n) is 7.21. The van der Waals surface area contributed by atoms with Crippen molar-refractivity contribution < 1.29 is 9.90 Å². The maximum Gasteiger partial charge on any atom is 0.320 e. The first-order chi connectivity index (χ1) is 6.50. The number of carboxylic acid groups (broad SMARTS) is 1. The van der Waals surface area contributed by atoms with Gasteiger partial charge in [-0.1, -0.05) is 29.3 Å². The van der Waals surface area contributed by atoms with Crippen LogP contribution in [0.5, 0.6) is 0 Å². The number of carboxylic acids is 1. The van der Waals surface area contributed by atoms with Gasteiger partial charge in [-0.25, -0.2) is 0 Å². The molecular weight excluding hydrogens is 225 g/mol. The highest BCUT2D eigenvalue weighted by atomic mass is 35.5. The summed E-state index contributed by atoms with van der Waals surface area (Å²) in [6, 6.07) is 4.03. The smallest absolute Gasteiger partial charge is 0.320 e. The van der Waals surface area contributed by atoms with Crippen LogP contribution in [0.4, 0.5) is 0 Å². The van der Waals surface area contributed by atoms with Gasteiger partial charge in [0.2, 0.25) is 0 Å². The summed E-state index contributed by atoms with van der Waals surface area (Å²) in [6.45, 7) is 0. The molecule has 1 rings (SSSR count). The maximum absolute atomic E-state index is 10.5. The Balaban J connectivity index is 2.78. The van der Waals surface area contributed by atoms with E-state index >= 15 is 0 Å². The van der Waals surface area contributed by atoms with E-state index in [2.05, 4.69) is 0 Å². The molecule has 0 aliphatic rings. The second kappa shape index (κ2) is 4.64. The normalized spacial score (nSPS) is 12.5. The fourth-order valence-electron chi connectivity index (χ4n) is 1.01. The first-order valence-electron chi connectivity index (χ1n) is 3.93. The molecule has 3 nitrogen and oxygen atoms in total. The second-order valence-electron chi connectivity index (χ2n) is 2.90. The van der Waals surface area contributed by atoms with Crippen molar-refractivity contribution in [2.45, 2.75) is 12.5 Å². The number of rotatable bonds is 3. The van der Waals surface area contributed by atoms with Crippen LogP contribution in [0.1, 0.15) is 5.56 Å². The van der Waals surface area contributed by atoms with Crippen LogP contribution < -0.4 is 5.73 Å². The highest BCUT2D eigenvalue weighted by molar-refractivity contribution is 6.42. The van der Waals surface area contributed by atoms with Crippen molar-refractivity contribution in [3.8, 4) is 0 Å². The fraction of sp³-hybridized carbons (Fsp3) is 0.222. The van der Waals surface area contributed by atoms with Gasteiger partial charge in [-0.15, -0.1) is 0 Å². The van der Waals surface area contributed by atoms with Gasteiger partial charge in [-0.3, -0.25) is 4.79 Å². The zero-order valence-corrected chi connectivity index (χ0v) is 8.72.